The van der Waals surface area contributed by atoms with Crippen LogP contribution in [0.5, 0.6) is 5.75 Å². The Hall–Kier alpha value is -1.79. The molecule has 0 bridgehead atoms. The van der Waals surface area contributed by atoms with Crippen molar-refractivity contribution in [1.29, 1.82) is 0 Å². The van der Waals surface area contributed by atoms with Crippen LogP contribution in [0.15, 0.2) is 24.3 Å². The first kappa shape index (κ1) is 14.2. The highest BCUT2D eigenvalue weighted by Gasteiger charge is 2.03. The van der Waals surface area contributed by atoms with Crippen LogP contribution in [-0.4, -0.2) is 35.1 Å². The molecule has 0 saturated heterocycles. The summed E-state index contributed by atoms with van der Waals surface area (Å²) in [5.74, 6) is 0.148. The molecule has 6 nitrogen and oxygen atoms in total. The number of aliphatic hydroxyl groups excluding tert-OH is 1. The number of aliphatic hydroxyl groups is 1. The highest BCUT2D eigenvalue weighted by Crippen LogP contribution is 2.16. The molecule has 1 rings (SSSR count). The van der Waals surface area contributed by atoms with Crippen molar-refractivity contribution in [1.82, 2.24) is 0 Å². The van der Waals surface area contributed by atoms with Gasteiger partial charge in [0.05, 0.1) is 13.2 Å². The molecule has 0 fully saturated rings. The number of rotatable bonds is 2. The van der Waals surface area contributed by atoms with Crippen LogP contribution in [-0.2, 0) is 4.74 Å². The number of hydrogen-bond acceptors (Lipinski definition) is 5. The van der Waals surface area contributed by atoms with Crippen LogP contribution < -0.4 is 5.73 Å². The molecular formula is C10H15NO5. The zero-order valence-corrected chi connectivity index (χ0v) is 8.83. The lowest BCUT2D eigenvalue weighted by Gasteiger charge is -2.06. The molecule has 1 atom stereocenters. The molecule has 1 aromatic carbocycles. The van der Waals surface area contributed by atoms with Gasteiger partial charge in [0, 0.05) is 6.54 Å². The van der Waals surface area contributed by atoms with Crippen molar-refractivity contribution in [2.75, 3.05) is 13.7 Å². The summed E-state index contributed by atoms with van der Waals surface area (Å²) in [7, 11) is 1.10. The molecule has 16 heavy (non-hydrogen) atoms. The predicted molar refractivity (Wildman–Crippen MR) is 57.2 cm³/mol. The van der Waals surface area contributed by atoms with Crippen LogP contribution in [0.4, 0.5) is 4.79 Å². The van der Waals surface area contributed by atoms with E-state index in [1.165, 1.54) is 6.07 Å². The largest absolute Gasteiger partial charge is 0.508 e. The number of phenolic OH excluding ortho intramolecular Hbond substituents is 1. The fourth-order valence-electron chi connectivity index (χ4n) is 0.868. The second kappa shape index (κ2) is 7.49. The lowest BCUT2D eigenvalue weighted by molar-refractivity contribution is 0.114. The van der Waals surface area contributed by atoms with Gasteiger partial charge in [-0.15, -0.1) is 0 Å². The fraction of sp³-hybridized carbons (Fsp3) is 0.300. The molecule has 1 unspecified atom stereocenters. The van der Waals surface area contributed by atoms with Crippen LogP contribution in [0.1, 0.15) is 11.7 Å². The third kappa shape index (κ3) is 5.84. The number of benzene rings is 1. The van der Waals surface area contributed by atoms with Gasteiger partial charge >= 0.3 is 6.16 Å². The molecular weight excluding hydrogens is 214 g/mol. The molecule has 0 amide bonds. The highest BCUT2D eigenvalue weighted by molar-refractivity contribution is 5.56. The second-order valence-corrected chi connectivity index (χ2v) is 2.82. The molecule has 90 valence electrons. The lowest BCUT2D eigenvalue weighted by atomic mass is 10.1. The summed E-state index contributed by atoms with van der Waals surface area (Å²) in [4.78, 5) is 9.15. The Morgan fingerprint density at radius 1 is 1.56 bits per heavy atom. The van der Waals surface area contributed by atoms with Gasteiger partial charge < -0.3 is 25.8 Å². The van der Waals surface area contributed by atoms with Gasteiger partial charge in [-0.3, -0.25) is 0 Å². The number of carbonyl (C=O) groups is 1. The first-order valence-electron chi connectivity index (χ1n) is 4.45. The van der Waals surface area contributed by atoms with Gasteiger partial charge in [-0.05, 0) is 17.7 Å². The smallest absolute Gasteiger partial charge is 0.505 e. The predicted octanol–water partition coefficient (Wildman–Crippen LogP) is 0.695. The number of hydrogen-bond donors (Lipinski definition) is 4. The van der Waals surface area contributed by atoms with Crippen molar-refractivity contribution < 1.29 is 24.9 Å². The van der Waals surface area contributed by atoms with Crippen LogP contribution >= 0.6 is 0 Å². The number of carboxylic acid groups (broad SMARTS) is 1. The van der Waals surface area contributed by atoms with Gasteiger partial charge in [-0.2, -0.15) is 0 Å². The highest BCUT2D eigenvalue weighted by atomic mass is 16.6. The minimum absolute atomic E-state index is 0.148. The van der Waals surface area contributed by atoms with E-state index in [2.05, 4.69) is 4.74 Å². The van der Waals surface area contributed by atoms with E-state index in [9.17, 15) is 5.11 Å². The average Bonchev–Trinajstić information content (AvgIpc) is 2.28. The topological polar surface area (TPSA) is 113 Å². The molecule has 0 aliphatic heterocycles. The normalized spacial score (nSPS) is 10.9. The summed E-state index contributed by atoms with van der Waals surface area (Å²) in [6, 6.07) is 6.44. The molecule has 0 aliphatic rings. The Bertz CT molecular complexity index is 329. The summed E-state index contributed by atoms with van der Waals surface area (Å²) in [5.41, 5.74) is 5.87. The molecule has 0 saturated carbocycles. The molecule has 1 aromatic rings. The molecule has 0 aromatic heterocycles. The summed E-state index contributed by atoms with van der Waals surface area (Å²) in [6.45, 7) is 0.170. The van der Waals surface area contributed by atoms with Crippen LogP contribution in [0.25, 0.3) is 0 Å². The van der Waals surface area contributed by atoms with Crippen molar-refractivity contribution in [3.8, 4) is 5.75 Å². The van der Waals surface area contributed by atoms with Crippen molar-refractivity contribution in [2.24, 2.45) is 5.73 Å². The summed E-state index contributed by atoms with van der Waals surface area (Å²) < 4.78 is 3.67. The first-order chi connectivity index (χ1) is 7.51. The quantitative estimate of drug-likeness (QED) is 0.555. The Morgan fingerprint density at radius 2 is 2.12 bits per heavy atom. The van der Waals surface area contributed by atoms with Gasteiger partial charge in [0.15, 0.2) is 0 Å². The third-order valence-electron chi connectivity index (χ3n) is 1.65. The zero-order chi connectivity index (χ0) is 12.6. The molecule has 0 aliphatic carbocycles. The lowest BCUT2D eigenvalue weighted by Crippen LogP contribution is -2.11. The van der Waals surface area contributed by atoms with Gasteiger partial charge in [0.1, 0.15) is 5.75 Å². The van der Waals surface area contributed by atoms with E-state index in [4.69, 9.17) is 20.7 Å². The van der Waals surface area contributed by atoms with Crippen molar-refractivity contribution in [3.63, 3.8) is 0 Å². The van der Waals surface area contributed by atoms with E-state index in [0.717, 1.165) is 7.11 Å². The van der Waals surface area contributed by atoms with E-state index >= 15 is 0 Å². The van der Waals surface area contributed by atoms with Gasteiger partial charge in [0.2, 0.25) is 0 Å². The Labute approximate surface area is 92.9 Å². The monoisotopic (exact) mass is 229 g/mol. The molecule has 6 heteroatoms. The maximum absolute atomic E-state index is 9.22. The minimum Gasteiger partial charge on any atom is -0.508 e. The van der Waals surface area contributed by atoms with Crippen molar-refractivity contribution in [3.05, 3.63) is 29.8 Å². The number of ether oxygens (including phenoxy) is 1. The number of aromatic hydroxyl groups is 1. The number of nitrogens with two attached hydrogens (primary N) is 1. The Balaban J connectivity index is 0.000000385. The van der Waals surface area contributed by atoms with Crippen molar-refractivity contribution in [2.45, 2.75) is 6.10 Å². The maximum atomic E-state index is 9.22. The summed E-state index contributed by atoms with van der Waals surface area (Å²) in [5, 5.41) is 25.7. The third-order valence-corrected chi connectivity index (χ3v) is 1.65. The van der Waals surface area contributed by atoms with E-state index in [-0.39, 0.29) is 12.3 Å². The van der Waals surface area contributed by atoms with Gasteiger partial charge in [-0.1, -0.05) is 12.1 Å². The Kier molecular flexibility index (Phi) is 6.66. The van der Waals surface area contributed by atoms with E-state index in [0.29, 0.717) is 5.56 Å². The molecule has 0 heterocycles. The molecule has 5 N–H and O–H groups in total. The van der Waals surface area contributed by atoms with E-state index < -0.39 is 12.3 Å². The van der Waals surface area contributed by atoms with Crippen LogP contribution in [0.2, 0.25) is 0 Å². The average molecular weight is 229 g/mol. The second-order valence-electron chi connectivity index (χ2n) is 2.82. The van der Waals surface area contributed by atoms with Crippen molar-refractivity contribution >= 4 is 6.16 Å². The van der Waals surface area contributed by atoms with E-state index in [1.807, 2.05) is 0 Å². The maximum Gasteiger partial charge on any atom is 0.505 e. The van der Waals surface area contributed by atoms with Gasteiger partial charge in [-0.25, -0.2) is 4.79 Å². The minimum atomic E-state index is -1.25. The molecule has 0 radical (unpaired) electrons. The van der Waals surface area contributed by atoms with E-state index in [1.54, 1.807) is 18.2 Å². The van der Waals surface area contributed by atoms with Crippen LogP contribution in [0, 0.1) is 0 Å². The first-order valence-corrected chi connectivity index (χ1v) is 4.45. The number of methoxy groups -OCH3 is 1. The standard InChI is InChI=1S/C8H11NO2.C2H4O3/c9-5-8(11)6-2-1-3-7(10)4-6;1-5-2(3)4/h1-4,8,10-11H,5,9H2;1H3,(H,3,4). The van der Waals surface area contributed by atoms with Gasteiger partial charge in [0.25, 0.3) is 0 Å². The zero-order valence-electron chi connectivity index (χ0n) is 8.83. The summed E-state index contributed by atoms with van der Waals surface area (Å²) >= 11 is 0. The molecule has 0 spiro atoms. The SMILES string of the molecule is COC(=O)O.NCC(O)c1cccc(O)c1. The number of phenols is 1. The van der Waals surface area contributed by atoms with Crippen LogP contribution in [0.3, 0.4) is 0 Å². The fourth-order valence-corrected chi connectivity index (χ4v) is 0.868. The summed E-state index contributed by atoms with van der Waals surface area (Å²) in [6.07, 6.45) is -1.92. The Morgan fingerprint density at radius 3 is 2.50 bits per heavy atom.